The van der Waals surface area contributed by atoms with Crippen LogP contribution in [0.1, 0.15) is 25.0 Å². The number of imidazole rings is 1. The maximum atomic E-state index is 8.32. The zero-order valence-corrected chi connectivity index (χ0v) is 8.17. The van der Waals surface area contributed by atoms with Gasteiger partial charge in [-0.15, -0.1) is 11.6 Å². The Balaban J connectivity index is 2.25. The molecule has 0 atom stereocenters. The molecule has 1 aromatic rings. The Morgan fingerprint density at radius 2 is 2.38 bits per heavy atom. The quantitative estimate of drug-likeness (QED) is 0.537. The minimum absolute atomic E-state index is 0.463. The maximum absolute atomic E-state index is 8.32. The third-order valence-electron chi connectivity index (χ3n) is 1.78. The molecule has 0 N–H and O–H groups in total. The Labute approximate surface area is 83.0 Å². The molecular formula is C9H12ClN3. The number of alkyl halides is 1. The molecule has 3 nitrogen and oxygen atoms in total. The van der Waals surface area contributed by atoms with Crippen LogP contribution in [0.5, 0.6) is 0 Å². The third kappa shape index (κ3) is 3.47. The summed E-state index contributed by atoms with van der Waals surface area (Å²) < 4.78 is 2.01. The highest BCUT2D eigenvalue weighted by Gasteiger charge is 1.96. The van der Waals surface area contributed by atoms with Gasteiger partial charge in [-0.2, -0.15) is 5.26 Å². The van der Waals surface area contributed by atoms with Gasteiger partial charge in [0.25, 0.3) is 0 Å². The van der Waals surface area contributed by atoms with Gasteiger partial charge in [-0.25, -0.2) is 4.98 Å². The molecule has 1 heterocycles. The summed E-state index contributed by atoms with van der Waals surface area (Å²) in [4.78, 5) is 4.10. The van der Waals surface area contributed by atoms with Crippen LogP contribution in [-0.2, 0) is 12.4 Å². The molecule has 0 saturated carbocycles. The molecule has 0 unspecified atom stereocenters. The van der Waals surface area contributed by atoms with Crippen molar-refractivity contribution in [3.05, 3.63) is 18.2 Å². The lowest BCUT2D eigenvalue weighted by Crippen LogP contribution is -1.93. The van der Waals surface area contributed by atoms with Crippen molar-refractivity contribution >= 4 is 11.6 Å². The first-order chi connectivity index (χ1) is 6.36. The van der Waals surface area contributed by atoms with Crippen molar-refractivity contribution in [2.45, 2.75) is 31.7 Å². The van der Waals surface area contributed by atoms with Crippen molar-refractivity contribution in [3.8, 4) is 6.07 Å². The Hall–Kier alpha value is -1.01. The van der Waals surface area contributed by atoms with Crippen LogP contribution in [0, 0.1) is 11.3 Å². The predicted octanol–water partition coefficient (Wildman–Crippen LogP) is 2.32. The van der Waals surface area contributed by atoms with Gasteiger partial charge in [0, 0.05) is 19.2 Å². The largest absolute Gasteiger partial charge is 0.337 e. The Bertz CT molecular complexity index is 287. The van der Waals surface area contributed by atoms with Crippen molar-refractivity contribution in [2.75, 3.05) is 0 Å². The molecule has 4 heteroatoms. The first-order valence-electron chi connectivity index (χ1n) is 4.30. The first kappa shape index (κ1) is 10.1. The summed E-state index contributed by atoms with van der Waals surface area (Å²) in [7, 11) is 0. The third-order valence-corrected chi connectivity index (χ3v) is 2.05. The van der Waals surface area contributed by atoms with Crippen LogP contribution in [0.2, 0.25) is 0 Å². The zero-order chi connectivity index (χ0) is 9.52. The van der Waals surface area contributed by atoms with Crippen LogP contribution in [0.15, 0.2) is 12.5 Å². The highest BCUT2D eigenvalue weighted by Crippen LogP contribution is 2.02. The lowest BCUT2D eigenvalue weighted by atomic mass is 10.2. The second-order valence-corrected chi connectivity index (χ2v) is 3.12. The molecule has 13 heavy (non-hydrogen) atoms. The van der Waals surface area contributed by atoms with E-state index in [1.165, 1.54) is 0 Å². The smallest absolute Gasteiger partial charge is 0.0949 e. The van der Waals surface area contributed by atoms with Crippen LogP contribution >= 0.6 is 11.6 Å². The molecule has 0 aliphatic heterocycles. The topological polar surface area (TPSA) is 41.6 Å². The summed E-state index contributed by atoms with van der Waals surface area (Å²) in [5.74, 6) is 0.463. The predicted molar refractivity (Wildman–Crippen MR) is 51.2 cm³/mol. The van der Waals surface area contributed by atoms with Crippen LogP contribution < -0.4 is 0 Å². The lowest BCUT2D eigenvalue weighted by molar-refractivity contribution is 0.615. The summed E-state index contributed by atoms with van der Waals surface area (Å²) in [6.07, 6.45) is 6.33. The minimum Gasteiger partial charge on any atom is -0.337 e. The normalized spacial score (nSPS) is 9.85. The lowest BCUT2D eigenvalue weighted by Gasteiger charge is -1.98. The van der Waals surface area contributed by atoms with Crippen LogP contribution in [-0.4, -0.2) is 9.55 Å². The number of aryl methyl sites for hydroxylation is 1. The van der Waals surface area contributed by atoms with Crippen molar-refractivity contribution in [1.29, 1.82) is 5.26 Å². The number of nitriles is 1. The van der Waals surface area contributed by atoms with Gasteiger partial charge >= 0.3 is 0 Å². The number of unbranched alkanes of at least 4 members (excludes halogenated alkanes) is 2. The standard InChI is InChI=1S/C9H12ClN3/c10-6-9-7-13(8-12-9)5-3-1-2-4-11/h7-8H,1-3,5-6H2. The molecule has 0 aliphatic carbocycles. The second-order valence-electron chi connectivity index (χ2n) is 2.85. The number of nitrogens with zero attached hydrogens (tertiary/aromatic N) is 3. The highest BCUT2D eigenvalue weighted by molar-refractivity contribution is 6.16. The van der Waals surface area contributed by atoms with Gasteiger partial charge in [0.15, 0.2) is 0 Å². The van der Waals surface area contributed by atoms with E-state index in [0.717, 1.165) is 25.1 Å². The monoisotopic (exact) mass is 197 g/mol. The number of hydrogen-bond donors (Lipinski definition) is 0. The summed E-state index contributed by atoms with van der Waals surface area (Å²) in [6, 6.07) is 2.12. The van der Waals surface area contributed by atoms with E-state index in [1.54, 1.807) is 6.33 Å². The van der Waals surface area contributed by atoms with E-state index < -0.39 is 0 Å². The molecule has 0 saturated heterocycles. The van der Waals surface area contributed by atoms with E-state index >= 15 is 0 Å². The average molecular weight is 198 g/mol. The fourth-order valence-corrected chi connectivity index (χ4v) is 1.23. The Morgan fingerprint density at radius 1 is 1.54 bits per heavy atom. The molecule has 1 rings (SSSR count). The Kier molecular flexibility index (Phi) is 4.34. The number of aromatic nitrogens is 2. The van der Waals surface area contributed by atoms with E-state index in [2.05, 4.69) is 11.1 Å². The summed E-state index contributed by atoms with van der Waals surface area (Å²) in [5, 5.41) is 8.32. The SMILES string of the molecule is N#CCCCCn1cnc(CCl)c1. The Morgan fingerprint density at radius 3 is 3.00 bits per heavy atom. The molecule has 0 aliphatic rings. The fraction of sp³-hybridized carbons (Fsp3) is 0.556. The molecule has 0 radical (unpaired) electrons. The molecule has 0 aromatic carbocycles. The number of hydrogen-bond acceptors (Lipinski definition) is 2. The number of rotatable bonds is 5. The van der Waals surface area contributed by atoms with Gasteiger partial charge < -0.3 is 4.57 Å². The van der Waals surface area contributed by atoms with Crippen molar-refractivity contribution < 1.29 is 0 Å². The van der Waals surface area contributed by atoms with E-state index in [0.29, 0.717) is 12.3 Å². The molecule has 0 amide bonds. The fourth-order valence-electron chi connectivity index (χ4n) is 1.10. The average Bonchev–Trinajstić information content (AvgIpc) is 2.60. The van der Waals surface area contributed by atoms with E-state index in [1.807, 2.05) is 10.8 Å². The highest BCUT2D eigenvalue weighted by atomic mass is 35.5. The number of halogens is 1. The van der Waals surface area contributed by atoms with E-state index in [-0.39, 0.29) is 0 Å². The summed E-state index contributed by atoms with van der Waals surface area (Å²) in [5.41, 5.74) is 0.905. The van der Waals surface area contributed by atoms with Crippen LogP contribution in [0.4, 0.5) is 0 Å². The van der Waals surface area contributed by atoms with Crippen molar-refractivity contribution in [3.63, 3.8) is 0 Å². The van der Waals surface area contributed by atoms with Gasteiger partial charge in [0.2, 0.25) is 0 Å². The minimum atomic E-state index is 0.463. The first-order valence-corrected chi connectivity index (χ1v) is 4.84. The molecular weight excluding hydrogens is 186 g/mol. The van der Waals surface area contributed by atoms with Crippen molar-refractivity contribution in [2.24, 2.45) is 0 Å². The molecule has 0 bridgehead atoms. The molecule has 0 spiro atoms. The molecule has 1 aromatic heterocycles. The zero-order valence-electron chi connectivity index (χ0n) is 7.41. The molecule has 0 fully saturated rings. The van der Waals surface area contributed by atoms with Gasteiger partial charge in [-0.05, 0) is 12.8 Å². The molecule has 70 valence electrons. The van der Waals surface area contributed by atoms with E-state index in [4.69, 9.17) is 16.9 Å². The van der Waals surface area contributed by atoms with Crippen LogP contribution in [0.3, 0.4) is 0 Å². The van der Waals surface area contributed by atoms with Gasteiger partial charge in [-0.3, -0.25) is 0 Å². The maximum Gasteiger partial charge on any atom is 0.0949 e. The van der Waals surface area contributed by atoms with E-state index in [9.17, 15) is 0 Å². The summed E-state index contributed by atoms with van der Waals surface area (Å²) >= 11 is 5.61. The second kappa shape index (κ2) is 5.60. The van der Waals surface area contributed by atoms with Gasteiger partial charge in [0.1, 0.15) is 0 Å². The van der Waals surface area contributed by atoms with Crippen molar-refractivity contribution in [1.82, 2.24) is 9.55 Å². The van der Waals surface area contributed by atoms with Crippen LogP contribution in [0.25, 0.3) is 0 Å². The van der Waals surface area contributed by atoms with Gasteiger partial charge in [0.05, 0.1) is 24.0 Å². The van der Waals surface area contributed by atoms with Gasteiger partial charge in [-0.1, -0.05) is 0 Å². The summed E-state index contributed by atoms with van der Waals surface area (Å²) in [6.45, 7) is 0.922.